The number of thioether (sulfide) groups is 1. The van der Waals surface area contributed by atoms with Crippen LogP contribution in [0.4, 0.5) is 11.4 Å². The van der Waals surface area contributed by atoms with Gasteiger partial charge < -0.3 is 9.73 Å². The van der Waals surface area contributed by atoms with E-state index in [0.717, 1.165) is 17.1 Å². The molecular formula is C13H14N2O3S. The van der Waals surface area contributed by atoms with Gasteiger partial charge in [0.15, 0.2) is 0 Å². The summed E-state index contributed by atoms with van der Waals surface area (Å²) in [4.78, 5) is 10.6. The van der Waals surface area contributed by atoms with Crippen LogP contribution in [0.15, 0.2) is 41.0 Å². The molecule has 1 aromatic heterocycles. The van der Waals surface area contributed by atoms with Gasteiger partial charge in [0.25, 0.3) is 5.69 Å². The van der Waals surface area contributed by atoms with Crippen LogP contribution in [0.2, 0.25) is 0 Å². The summed E-state index contributed by atoms with van der Waals surface area (Å²) < 4.78 is 5.25. The Bertz CT molecular complexity index is 555. The molecular weight excluding hydrogens is 264 g/mol. The quantitative estimate of drug-likeness (QED) is 0.645. The largest absolute Gasteiger partial charge is 0.468 e. The molecule has 5 nitrogen and oxygen atoms in total. The van der Waals surface area contributed by atoms with E-state index in [0.29, 0.717) is 11.4 Å². The number of nitrogens with zero attached hydrogens (tertiary/aromatic N) is 1. The standard InChI is InChI=1S/C13H14N2O3S/c1-14-13-10(4-2-6-12(13)15(16)17)8-19-9-11-5-3-7-18-11/h2-7,14H,8-9H2,1H3. The summed E-state index contributed by atoms with van der Waals surface area (Å²) >= 11 is 1.66. The first-order valence-electron chi connectivity index (χ1n) is 5.76. The Morgan fingerprint density at radius 2 is 2.16 bits per heavy atom. The molecule has 2 rings (SSSR count). The van der Waals surface area contributed by atoms with Crippen molar-refractivity contribution >= 4 is 23.1 Å². The van der Waals surface area contributed by atoms with Crippen molar-refractivity contribution in [3.63, 3.8) is 0 Å². The van der Waals surface area contributed by atoms with Gasteiger partial charge in [0.1, 0.15) is 11.4 Å². The zero-order valence-corrected chi connectivity index (χ0v) is 11.3. The molecule has 0 fully saturated rings. The second-order valence-corrected chi connectivity index (χ2v) is 4.88. The van der Waals surface area contributed by atoms with E-state index in [-0.39, 0.29) is 10.6 Å². The molecule has 0 bridgehead atoms. The van der Waals surface area contributed by atoms with Gasteiger partial charge in [-0.2, -0.15) is 0 Å². The lowest BCUT2D eigenvalue weighted by Gasteiger charge is -2.08. The third-order valence-electron chi connectivity index (χ3n) is 2.66. The third-order valence-corrected chi connectivity index (χ3v) is 3.66. The lowest BCUT2D eigenvalue weighted by atomic mass is 10.1. The van der Waals surface area contributed by atoms with Gasteiger partial charge in [0.05, 0.1) is 16.9 Å². The number of rotatable bonds is 6. The van der Waals surface area contributed by atoms with E-state index >= 15 is 0 Å². The van der Waals surface area contributed by atoms with Crippen LogP contribution in [0.3, 0.4) is 0 Å². The molecule has 0 unspecified atom stereocenters. The van der Waals surface area contributed by atoms with Crippen molar-refractivity contribution < 1.29 is 9.34 Å². The number of benzene rings is 1. The molecule has 0 spiro atoms. The lowest BCUT2D eigenvalue weighted by Crippen LogP contribution is -2.00. The molecule has 0 atom stereocenters. The molecule has 19 heavy (non-hydrogen) atoms. The monoisotopic (exact) mass is 278 g/mol. The molecule has 0 amide bonds. The topological polar surface area (TPSA) is 68.3 Å². The van der Waals surface area contributed by atoms with Crippen molar-refractivity contribution in [2.24, 2.45) is 0 Å². The Hall–Kier alpha value is -1.95. The molecule has 6 heteroatoms. The first-order valence-corrected chi connectivity index (χ1v) is 6.92. The second-order valence-electron chi connectivity index (χ2n) is 3.89. The van der Waals surface area contributed by atoms with Gasteiger partial charge in [0.2, 0.25) is 0 Å². The Morgan fingerprint density at radius 3 is 2.79 bits per heavy atom. The summed E-state index contributed by atoms with van der Waals surface area (Å²) in [5.74, 6) is 2.35. The molecule has 0 aliphatic carbocycles. The zero-order valence-electron chi connectivity index (χ0n) is 10.5. The maximum atomic E-state index is 10.9. The molecule has 1 N–H and O–H groups in total. The average Bonchev–Trinajstić information content (AvgIpc) is 2.91. The molecule has 100 valence electrons. The van der Waals surface area contributed by atoms with Crippen molar-refractivity contribution in [2.75, 3.05) is 12.4 Å². The van der Waals surface area contributed by atoms with Gasteiger partial charge in [0, 0.05) is 18.9 Å². The van der Waals surface area contributed by atoms with Crippen LogP contribution in [-0.2, 0) is 11.5 Å². The number of hydrogen-bond donors (Lipinski definition) is 1. The summed E-state index contributed by atoms with van der Waals surface area (Å²) in [7, 11) is 1.70. The Morgan fingerprint density at radius 1 is 1.32 bits per heavy atom. The van der Waals surface area contributed by atoms with E-state index in [4.69, 9.17) is 4.42 Å². The van der Waals surface area contributed by atoms with Crippen molar-refractivity contribution in [3.05, 3.63) is 58.0 Å². The molecule has 0 aliphatic heterocycles. The van der Waals surface area contributed by atoms with E-state index in [1.807, 2.05) is 18.2 Å². The molecule has 0 saturated heterocycles. The van der Waals surface area contributed by atoms with Crippen LogP contribution in [-0.4, -0.2) is 12.0 Å². The normalized spacial score (nSPS) is 10.4. The Labute approximate surface area is 115 Å². The number of anilines is 1. The van der Waals surface area contributed by atoms with Crippen molar-refractivity contribution in [3.8, 4) is 0 Å². The minimum absolute atomic E-state index is 0.110. The molecule has 0 saturated carbocycles. The van der Waals surface area contributed by atoms with Crippen molar-refractivity contribution in [2.45, 2.75) is 11.5 Å². The van der Waals surface area contributed by atoms with Gasteiger partial charge in [-0.15, -0.1) is 11.8 Å². The number of nitrogens with one attached hydrogen (secondary N) is 1. The van der Waals surface area contributed by atoms with E-state index in [1.54, 1.807) is 31.1 Å². The third kappa shape index (κ3) is 3.29. The van der Waals surface area contributed by atoms with Crippen LogP contribution in [0, 0.1) is 10.1 Å². The fourth-order valence-corrected chi connectivity index (χ4v) is 2.73. The van der Waals surface area contributed by atoms with Gasteiger partial charge in [-0.25, -0.2) is 0 Å². The van der Waals surface area contributed by atoms with Gasteiger partial charge in [-0.1, -0.05) is 12.1 Å². The molecule has 1 aromatic carbocycles. The highest BCUT2D eigenvalue weighted by molar-refractivity contribution is 7.97. The van der Waals surface area contributed by atoms with Crippen LogP contribution in [0.25, 0.3) is 0 Å². The first-order chi connectivity index (χ1) is 9.22. The second kappa shape index (κ2) is 6.29. The smallest absolute Gasteiger partial charge is 0.292 e. The predicted octanol–water partition coefficient (Wildman–Crippen LogP) is 3.66. The number of nitro benzene ring substituents is 1. The minimum atomic E-state index is -0.369. The fraction of sp³-hybridized carbons (Fsp3) is 0.231. The maximum absolute atomic E-state index is 10.9. The SMILES string of the molecule is CNc1c(CSCc2ccco2)cccc1[N+](=O)[O-]. The number of hydrogen-bond acceptors (Lipinski definition) is 5. The number of nitro groups is 1. The molecule has 0 radical (unpaired) electrons. The van der Waals surface area contributed by atoms with E-state index in [9.17, 15) is 10.1 Å². The summed E-state index contributed by atoms with van der Waals surface area (Å²) in [6, 6.07) is 8.88. The summed E-state index contributed by atoms with van der Waals surface area (Å²) in [6.45, 7) is 0. The first kappa shape index (κ1) is 13.5. The van der Waals surface area contributed by atoms with Crippen molar-refractivity contribution in [1.82, 2.24) is 0 Å². The van der Waals surface area contributed by atoms with Crippen molar-refractivity contribution in [1.29, 1.82) is 0 Å². The number of furan rings is 1. The van der Waals surface area contributed by atoms with Crippen LogP contribution >= 0.6 is 11.8 Å². The van der Waals surface area contributed by atoms with E-state index in [2.05, 4.69) is 5.32 Å². The average molecular weight is 278 g/mol. The molecule has 2 aromatic rings. The van der Waals surface area contributed by atoms with Gasteiger partial charge >= 0.3 is 0 Å². The Kier molecular flexibility index (Phi) is 4.46. The number of para-hydroxylation sites is 1. The Balaban J connectivity index is 2.07. The molecule has 1 heterocycles. The van der Waals surface area contributed by atoms with Crippen LogP contribution in [0.5, 0.6) is 0 Å². The highest BCUT2D eigenvalue weighted by atomic mass is 32.2. The summed E-state index contributed by atoms with van der Waals surface area (Å²) in [6.07, 6.45) is 1.64. The van der Waals surface area contributed by atoms with Crippen LogP contribution in [0.1, 0.15) is 11.3 Å². The summed E-state index contributed by atoms with van der Waals surface area (Å²) in [5.41, 5.74) is 1.62. The minimum Gasteiger partial charge on any atom is -0.468 e. The van der Waals surface area contributed by atoms with E-state index < -0.39 is 0 Å². The molecule has 0 aliphatic rings. The van der Waals surface area contributed by atoms with Gasteiger partial charge in [-0.3, -0.25) is 10.1 Å². The van der Waals surface area contributed by atoms with E-state index in [1.165, 1.54) is 6.07 Å². The fourth-order valence-electron chi connectivity index (χ4n) is 1.80. The van der Waals surface area contributed by atoms with Gasteiger partial charge in [-0.05, 0) is 17.7 Å². The van der Waals surface area contributed by atoms with Crippen LogP contribution < -0.4 is 5.32 Å². The lowest BCUT2D eigenvalue weighted by molar-refractivity contribution is -0.384. The summed E-state index contributed by atoms with van der Waals surface area (Å²) in [5, 5.41) is 13.8. The maximum Gasteiger partial charge on any atom is 0.292 e. The highest BCUT2D eigenvalue weighted by Crippen LogP contribution is 2.31. The highest BCUT2D eigenvalue weighted by Gasteiger charge is 2.15. The predicted molar refractivity (Wildman–Crippen MR) is 76.4 cm³/mol. The zero-order chi connectivity index (χ0) is 13.7.